The quantitative estimate of drug-likeness (QED) is 0.803. The fraction of sp³-hybridized carbons (Fsp3) is 0.364. The molecule has 4 heteroatoms. The molecule has 0 aliphatic carbocycles. The molecule has 0 aliphatic heterocycles. The summed E-state index contributed by atoms with van der Waals surface area (Å²) in [6, 6.07) is 10.5. The molecule has 0 atom stereocenters. The van der Waals surface area contributed by atoms with Crippen LogP contribution < -0.4 is 10.6 Å². The Labute approximate surface area is 90.3 Å². The van der Waals surface area contributed by atoms with Gasteiger partial charge < -0.3 is 15.7 Å². The van der Waals surface area contributed by atoms with Gasteiger partial charge in [-0.25, -0.2) is 4.79 Å². The standard InChI is InChI=1S/C10H15N.CH3NO2/c1-3-11(4-2)10-8-6-5-7-9-10;2-1(3)4/h5-9H,3-4H2,1-2H3;2H2,(H,3,4). The monoisotopic (exact) mass is 210 g/mol. The minimum atomic E-state index is -1.33. The fourth-order valence-corrected chi connectivity index (χ4v) is 1.23. The molecule has 84 valence electrons. The Morgan fingerprint density at radius 3 is 2.00 bits per heavy atom. The number of nitrogens with two attached hydrogens (primary N) is 1. The molecule has 0 heterocycles. The van der Waals surface area contributed by atoms with Crippen LogP contribution in [0.3, 0.4) is 0 Å². The highest BCUT2D eigenvalue weighted by molar-refractivity contribution is 5.61. The van der Waals surface area contributed by atoms with E-state index in [2.05, 4.69) is 48.7 Å². The Balaban J connectivity index is 0.000000423. The molecule has 1 aromatic carbocycles. The first-order chi connectivity index (χ1) is 7.11. The Morgan fingerprint density at radius 1 is 1.27 bits per heavy atom. The fourth-order valence-electron chi connectivity index (χ4n) is 1.23. The molecule has 3 N–H and O–H groups in total. The van der Waals surface area contributed by atoms with Crippen LogP contribution in [-0.2, 0) is 0 Å². The van der Waals surface area contributed by atoms with Crippen molar-refractivity contribution in [2.24, 2.45) is 5.73 Å². The molecule has 0 unspecified atom stereocenters. The van der Waals surface area contributed by atoms with Crippen molar-refractivity contribution < 1.29 is 9.90 Å². The predicted molar refractivity (Wildman–Crippen MR) is 62.2 cm³/mol. The van der Waals surface area contributed by atoms with Crippen molar-refractivity contribution in [1.82, 2.24) is 0 Å². The molecule has 0 bridgehead atoms. The Kier molecular flexibility index (Phi) is 6.80. The van der Waals surface area contributed by atoms with Crippen LogP contribution in [0.5, 0.6) is 0 Å². The summed E-state index contributed by atoms with van der Waals surface area (Å²) in [5.41, 5.74) is 5.34. The van der Waals surface area contributed by atoms with Gasteiger partial charge in [0.1, 0.15) is 0 Å². The maximum atomic E-state index is 8.78. The number of carbonyl (C=O) groups is 1. The first-order valence-electron chi connectivity index (χ1n) is 4.90. The number of hydrogen-bond acceptors (Lipinski definition) is 2. The van der Waals surface area contributed by atoms with Gasteiger partial charge in [-0.2, -0.15) is 0 Å². The van der Waals surface area contributed by atoms with Crippen molar-refractivity contribution in [3.05, 3.63) is 30.3 Å². The number of carboxylic acid groups (broad SMARTS) is 1. The predicted octanol–water partition coefficient (Wildman–Crippen LogP) is 2.16. The SMILES string of the molecule is CCN(CC)c1ccccc1.NC(=O)O. The van der Waals surface area contributed by atoms with Crippen LogP contribution >= 0.6 is 0 Å². The van der Waals surface area contributed by atoms with Gasteiger partial charge in [-0.1, -0.05) is 18.2 Å². The van der Waals surface area contributed by atoms with Crippen LogP contribution in [0.2, 0.25) is 0 Å². The smallest absolute Gasteiger partial charge is 0.402 e. The van der Waals surface area contributed by atoms with E-state index in [4.69, 9.17) is 9.90 Å². The van der Waals surface area contributed by atoms with Crippen LogP contribution in [0, 0.1) is 0 Å². The van der Waals surface area contributed by atoms with E-state index in [1.165, 1.54) is 5.69 Å². The van der Waals surface area contributed by atoms with Crippen molar-refractivity contribution in [2.45, 2.75) is 13.8 Å². The lowest BCUT2D eigenvalue weighted by Gasteiger charge is -2.20. The van der Waals surface area contributed by atoms with Gasteiger partial charge in [-0.05, 0) is 26.0 Å². The normalized spacial score (nSPS) is 8.67. The maximum absolute atomic E-state index is 8.78. The highest BCUT2D eigenvalue weighted by atomic mass is 16.4. The van der Waals surface area contributed by atoms with Gasteiger partial charge in [0.2, 0.25) is 0 Å². The van der Waals surface area contributed by atoms with Crippen LogP contribution in [0.1, 0.15) is 13.8 Å². The van der Waals surface area contributed by atoms with Crippen molar-refractivity contribution >= 4 is 11.8 Å². The first kappa shape index (κ1) is 13.3. The molecule has 0 aromatic heterocycles. The summed E-state index contributed by atoms with van der Waals surface area (Å²) in [5.74, 6) is 0. The van der Waals surface area contributed by atoms with E-state index in [1.54, 1.807) is 0 Å². The third-order valence-electron chi connectivity index (χ3n) is 1.88. The van der Waals surface area contributed by atoms with Crippen molar-refractivity contribution in [2.75, 3.05) is 18.0 Å². The molecule has 0 radical (unpaired) electrons. The number of amides is 1. The van der Waals surface area contributed by atoms with E-state index in [0.29, 0.717) is 0 Å². The topological polar surface area (TPSA) is 66.6 Å². The van der Waals surface area contributed by atoms with Gasteiger partial charge in [0.15, 0.2) is 0 Å². The van der Waals surface area contributed by atoms with E-state index < -0.39 is 6.09 Å². The molecular formula is C11H18N2O2. The molecule has 1 amide bonds. The van der Waals surface area contributed by atoms with Gasteiger partial charge >= 0.3 is 6.09 Å². The van der Waals surface area contributed by atoms with Crippen LogP contribution in [-0.4, -0.2) is 24.3 Å². The lowest BCUT2D eigenvalue weighted by molar-refractivity contribution is 0.205. The zero-order chi connectivity index (χ0) is 11.7. The summed E-state index contributed by atoms with van der Waals surface area (Å²) in [7, 11) is 0. The molecule has 0 saturated heterocycles. The molecule has 0 saturated carbocycles. The van der Waals surface area contributed by atoms with Crippen LogP contribution in [0.15, 0.2) is 30.3 Å². The molecule has 0 aliphatic rings. The second-order valence-corrected chi connectivity index (χ2v) is 2.85. The minimum absolute atomic E-state index is 1.08. The number of anilines is 1. The summed E-state index contributed by atoms with van der Waals surface area (Å²) in [6.07, 6.45) is -1.33. The number of nitrogens with zero attached hydrogens (tertiary/aromatic N) is 1. The third kappa shape index (κ3) is 6.37. The largest absolute Gasteiger partial charge is 0.465 e. The maximum Gasteiger partial charge on any atom is 0.402 e. The van der Waals surface area contributed by atoms with Gasteiger partial charge in [0.05, 0.1) is 0 Å². The second kappa shape index (κ2) is 7.67. The number of para-hydroxylation sites is 1. The molecule has 15 heavy (non-hydrogen) atoms. The van der Waals surface area contributed by atoms with Crippen LogP contribution in [0.25, 0.3) is 0 Å². The molecule has 0 fully saturated rings. The highest BCUT2D eigenvalue weighted by Crippen LogP contribution is 2.11. The van der Waals surface area contributed by atoms with E-state index >= 15 is 0 Å². The van der Waals surface area contributed by atoms with Gasteiger partial charge in [0, 0.05) is 18.8 Å². The van der Waals surface area contributed by atoms with Crippen molar-refractivity contribution in [1.29, 1.82) is 0 Å². The summed E-state index contributed by atoms with van der Waals surface area (Å²) < 4.78 is 0. The van der Waals surface area contributed by atoms with Gasteiger partial charge in [-0.15, -0.1) is 0 Å². The molecular weight excluding hydrogens is 192 g/mol. The van der Waals surface area contributed by atoms with E-state index in [0.717, 1.165) is 13.1 Å². The molecule has 4 nitrogen and oxygen atoms in total. The van der Waals surface area contributed by atoms with Crippen molar-refractivity contribution in [3.8, 4) is 0 Å². The summed E-state index contributed by atoms with van der Waals surface area (Å²) >= 11 is 0. The zero-order valence-electron chi connectivity index (χ0n) is 9.18. The molecule has 0 spiro atoms. The zero-order valence-corrected chi connectivity index (χ0v) is 9.18. The Hall–Kier alpha value is -1.71. The first-order valence-corrected chi connectivity index (χ1v) is 4.90. The van der Waals surface area contributed by atoms with E-state index in [-0.39, 0.29) is 0 Å². The Morgan fingerprint density at radius 2 is 1.67 bits per heavy atom. The lowest BCUT2D eigenvalue weighted by Crippen LogP contribution is -2.21. The second-order valence-electron chi connectivity index (χ2n) is 2.85. The average Bonchev–Trinajstić information content (AvgIpc) is 2.20. The van der Waals surface area contributed by atoms with Gasteiger partial charge in [-0.3, -0.25) is 0 Å². The number of hydrogen-bond donors (Lipinski definition) is 2. The molecule has 1 aromatic rings. The van der Waals surface area contributed by atoms with E-state index in [9.17, 15) is 0 Å². The number of primary amides is 1. The average molecular weight is 210 g/mol. The summed E-state index contributed by atoms with van der Waals surface area (Å²) in [5, 5.41) is 7.19. The van der Waals surface area contributed by atoms with Crippen LogP contribution in [0.4, 0.5) is 10.5 Å². The van der Waals surface area contributed by atoms with Gasteiger partial charge in [0.25, 0.3) is 0 Å². The number of rotatable bonds is 3. The minimum Gasteiger partial charge on any atom is -0.465 e. The summed E-state index contributed by atoms with van der Waals surface area (Å²) in [4.78, 5) is 11.1. The lowest BCUT2D eigenvalue weighted by atomic mass is 10.3. The number of benzene rings is 1. The molecule has 1 rings (SSSR count). The highest BCUT2D eigenvalue weighted by Gasteiger charge is 1.97. The third-order valence-corrected chi connectivity index (χ3v) is 1.88. The summed E-state index contributed by atoms with van der Waals surface area (Å²) in [6.45, 7) is 6.52. The van der Waals surface area contributed by atoms with E-state index in [1.807, 2.05) is 6.07 Å². The Bertz CT molecular complexity index is 267. The van der Waals surface area contributed by atoms with Crippen molar-refractivity contribution in [3.63, 3.8) is 0 Å².